The second-order valence-corrected chi connectivity index (χ2v) is 10.1. The minimum atomic E-state index is -3.99. The zero-order valence-corrected chi connectivity index (χ0v) is 18.6. The maximum Gasteiger partial charge on any atom is 0.238 e. The summed E-state index contributed by atoms with van der Waals surface area (Å²) >= 11 is 6.11. The highest BCUT2D eigenvalue weighted by Crippen LogP contribution is 2.32. The van der Waals surface area contributed by atoms with Gasteiger partial charge in [-0.2, -0.15) is 0 Å². The zero-order valence-electron chi connectivity index (χ0n) is 17.0. The molecule has 3 unspecified atom stereocenters. The number of rotatable bonds is 7. The van der Waals surface area contributed by atoms with E-state index < -0.39 is 10.0 Å². The molecule has 3 atom stereocenters. The molecule has 1 saturated carbocycles. The van der Waals surface area contributed by atoms with Gasteiger partial charge < -0.3 is 15.4 Å². The lowest BCUT2D eigenvalue weighted by atomic mass is 9.79. The van der Waals surface area contributed by atoms with Crippen molar-refractivity contribution in [1.29, 1.82) is 0 Å². The number of ether oxygens (including phenoxy) is 1. The molecule has 1 amide bonds. The average molecular weight is 464 g/mol. The van der Waals surface area contributed by atoms with Gasteiger partial charge in [0.1, 0.15) is 0 Å². The van der Waals surface area contributed by atoms with Gasteiger partial charge in [0.05, 0.1) is 24.0 Å². The number of benzene rings is 2. The standard InChI is InChI=1S/C22H26ClN3O4S/c23-19-4-2-1-3-14(19)9-22(27)26-18-8-6-16(21(11-18)31(24,28)29)13-30-20-10-17-7-5-15(20)12-25-17/h1-4,6,8,11,15,17,20,25H,5,7,9-10,12-13H2,(H,26,27)(H2,24,28,29). The number of fused-ring (bicyclic) bond motifs is 3. The van der Waals surface area contributed by atoms with Crippen molar-refractivity contribution in [3.05, 3.63) is 58.6 Å². The monoisotopic (exact) mass is 463 g/mol. The summed E-state index contributed by atoms with van der Waals surface area (Å²) in [7, 11) is -3.99. The van der Waals surface area contributed by atoms with Crippen LogP contribution in [0.1, 0.15) is 30.4 Å². The van der Waals surface area contributed by atoms with E-state index in [4.69, 9.17) is 21.5 Å². The number of carbonyl (C=O) groups is 1. The van der Waals surface area contributed by atoms with Gasteiger partial charge in [0.25, 0.3) is 0 Å². The van der Waals surface area contributed by atoms with E-state index in [0.717, 1.165) is 25.8 Å². The Hall–Kier alpha value is -1.97. The molecule has 2 aromatic rings. The van der Waals surface area contributed by atoms with E-state index in [1.807, 2.05) is 0 Å². The Morgan fingerprint density at radius 2 is 2.00 bits per heavy atom. The molecule has 1 aliphatic carbocycles. The molecule has 31 heavy (non-hydrogen) atoms. The van der Waals surface area contributed by atoms with Crippen LogP contribution in [0, 0.1) is 5.92 Å². The number of nitrogens with two attached hydrogens (primary N) is 1. The first-order valence-electron chi connectivity index (χ1n) is 10.3. The first-order valence-corrected chi connectivity index (χ1v) is 12.3. The smallest absolute Gasteiger partial charge is 0.238 e. The summed E-state index contributed by atoms with van der Waals surface area (Å²) in [6.07, 6.45) is 3.42. The first-order chi connectivity index (χ1) is 14.8. The summed E-state index contributed by atoms with van der Waals surface area (Å²) in [5.74, 6) is 0.148. The molecule has 9 heteroatoms. The van der Waals surface area contributed by atoms with Gasteiger partial charge >= 0.3 is 0 Å². The van der Waals surface area contributed by atoms with Gasteiger partial charge in [-0.3, -0.25) is 4.79 Å². The van der Waals surface area contributed by atoms with Crippen molar-refractivity contribution in [3.8, 4) is 0 Å². The average Bonchev–Trinajstić information content (AvgIpc) is 2.74. The van der Waals surface area contributed by atoms with Gasteiger partial charge in [-0.15, -0.1) is 0 Å². The molecule has 3 aliphatic rings. The zero-order chi connectivity index (χ0) is 22.0. The van der Waals surface area contributed by atoms with Crippen molar-refractivity contribution in [2.75, 3.05) is 11.9 Å². The minimum Gasteiger partial charge on any atom is -0.373 e. The number of nitrogens with one attached hydrogen (secondary N) is 2. The number of primary sulfonamides is 1. The van der Waals surface area contributed by atoms with Gasteiger partial charge in [-0.1, -0.05) is 35.9 Å². The highest BCUT2D eigenvalue weighted by Gasteiger charge is 2.36. The van der Waals surface area contributed by atoms with Crippen LogP contribution in [-0.4, -0.2) is 33.0 Å². The summed E-state index contributed by atoms with van der Waals surface area (Å²) in [5, 5.41) is 12.2. The Morgan fingerprint density at radius 3 is 2.65 bits per heavy atom. The molecule has 0 radical (unpaired) electrons. The van der Waals surface area contributed by atoms with Crippen LogP contribution in [0.25, 0.3) is 0 Å². The number of amides is 1. The van der Waals surface area contributed by atoms with Crippen LogP contribution < -0.4 is 15.8 Å². The Balaban J connectivity index is 1.45. The van der Waals surface area contributed by atoms with Crippen molar-refractivity contribution in [1.82, 2.24) is 5.32 Å². The lowest BCUT2D eigenvalue weighted by molar-refractivity contribution is -0.115. The van der Waals surface area contributed by atoms with Crippen molar-refractivity contribution in [2.45, 2.75) is 49.3 Å². The van der Waals surface area contributed by atoms with E-state index >= 15 is 0 Å². The molecule has 2 bridgehead atoms. The molecule has 3 fully saturated rings. The van der Waals surface area contributed by atoms with E-state index in [1.165, 1.54) is 6.07 Å². The van der Waals surface area contributed by atoms with Gasteiger partial charge in [-0.05, 0) is 54.5 Å². The Morgan fingerprint density at radius 1 is 1.19 bits per heavy atom. The van der Waals surface area contributed by atoms with E-state index in [2.05, 4.69) is 10.6 Å². The van der Waals surface area contributed by atoms with Crippen LogP contribution in [-0.2, 0) is 32.6 Å². The molecule has 166 valence electrons. The number of piperidine rings is 2. The molecule has 2 saturated heterocycles. The summed E-state index contributed by atoms with van der Waals surface area (Å²) < 4.78 is 30.5. The summed E-state index contributed by atoms with van der Waals surface area (Å²) in [4.78, 5) is 12.4. The number of sulfonamides is 1. The minimum absolute atomic E-state index is 0.0397. The maximum absolute atomic E-state index is 12.4. The highest BCUT2D eigenvalue weighted by atomic mass is 35.5. The lowest BCUT2D eigenvalue weighted by Crippen LogP contribution is -2.52. The summed E-state index contributed by atoms with van der Waals surface area (Å²) in [5.41, 5.74) is 1.53. The third-order valence-corrected chi connectivity index (χ3v) is 7.38. The van der Waals surface area contributed by atoms with Crippen LogP contribution in [0.15, 0.2) is 47.4 Å². The predicted octanol–water partition coefficient (Wildman–Crippen LogP) is 2.83. The molecule has 2 heterocycles. The fourth-order valence-corrected chi connectivity index (χ4v) is 5.35. The van der Waals surface area contributed by atoms with E-state index in [9.17, 15) is 13.2 Å². The lowest BCUT2D eigenvalue weighted by Gasteiger charge is -2.42. The molecule has 0 spiro atoms. The second-order valence-electron chi connectivity index (χ2n) is 8.21. The topological polar surface area (TPSA) is 111 Å². The van der Waals surface area contributed by atoms with Crippen molar-refractivity contribution in [2.24, 2.45) is 11.1 Å². The fraction of sp³-hybridized carbons (Fsp3) is 0.409. The van der Waals surface area contributed by atoms with Crippen molar-refractivity contribution < 1.29 is 17.9 Å². The molecule has 0 aromatic heterocycles. The largest absolute Gasteiger partial charge is 0.373 e. The Bertz CT molecular complexity index is 1070. The van der Waals surface area contributed by atoms with Gasteiger partial charge in [0.15, 0.2) is 0 Å². The van der Waals surface area contributed by atoms with Crippen LogP contribution in [0.5, 0.6) is 0 Å². The van der Waals surface area contributed by atoms with Gasteiger partial charge in [0, 0.05) is 23.3 Å². The summed E-state index contributed by atoms with van der Waals surface area (Å²) in [6.45, 7) is 1.10. The van der Waals surface area contributed by atoms with Crippen molar-refractivity contribution >= 4 is 33.2 Å². The number of hydrogen-bond donors (Lipinski definition) is 3. The maximum atomic E-state index is 12.4. The van der Waals surface area contributed by atoms with Crippen LogP contribution in [0.3, 0.4) is 0 Å². The normalized spacial score (nSPS) is 23.0. The predicted molar refractivity (Wildman–Crippen MR) is 119 cm³/mol. The third kappa shape index (κ3) is 5.45. The quantitative estimate of drug-likeness (QED) is 0.584. The Kier molecular flexibility index (Phi) is 6.64. The molecule has 2 aliphatic heterocycles. The van der Waals surface area contributed by atoms with Crippen molar-refractivity contribution in [3.63, 3.8) is 0 Å². The van der Waals surface area contributed by atoms with Gasteiger partial charge in [0.2, 0.25) is 15.9 Å². The summed E-state index contributed by atoms with van der Waals surface area (Å²) in [6, 6.07) is 12.2. The molecule has 5 rings (SSSR count). The van der Waals surface area contributed by atoms with Gasteiger partial charge in [-0.25, -0.2) is 13.6 Å². The van der Waals surface area contributed by atoms with E-state index in [1.54, 1.807) is 36.4 Å². The number of halogens is 1. The van der Waals surface area contributed by atoms with E-state index in [-0.39, 0.29) is 29.9 Å². The number of hydrogen-bond acceptors (Lipinski definition) is 5. The molecule has 4 N–H and O–H groups in total. The first kappa shape index (κ1) is 22.2. The Labute approximate surface area is 187 Å². The van der Waals surface area contributed by atoms with E-state index in [0.29, 0.717) is 33.8 Å². The molecule has 2 aromatic carbocycles. The molecule has 7 nitrogen and oxygen atoms in total. The highest BCUT2D eigenvalue weighted by molar-refractivity contribution is 7.89. The third-order valence-electron chi connectivity index (χ3n) is 6.02. The molecular formula is C22H26ClN3O4S. The SMILES string of the molecule is NS(=O)(=O)c1cc(NC(=O)Cc2ccccc2Cl)ccc1COC1CC2CCC1CN2. The number of anilines is 1. The molecular weight excluding hydrogens is 438 g/mol. The fourth-order valence-electron chi connectivity index (χ4n) is 4.37. The van der Waals surface area contributed by atoms with Crippen LogP contribution in [0.2, 0.25) is 5.02 Å². The number of carbonyl (C=O) groups excluding carboxylic acids is 1. The van der Waals surface area contributed by atoms with Crippen LogP contribution in [0.4, 0.5) is 5.69 Å². The van der Waals surface area contributed by atoms with Crippen LogP contribution >= 0.6 is 11.6 Å². The second kappa shape index (κ2) is 9.26.